The molecule has 4 amide bonds. The van der Waals surface area contributed by atoms with Gasteiger partial charge in [0.25, 0.3) is 5.91 Å². The number of alkyl carbamates (subject to hydrolysis) is 2. The Kier molecular flexibility index (Phi) is 27.3. The van der Waals surface area contributed by atoms with E-state index in [-0.39, 0.29) is 25.2 Å². The second kappa shape index (κ2) is 24.8. The first-order valence-electron chi connectivity index (χ1n) is 16.6. The first-order valence-corrected chi connectivity index (χ1v) is 22.3. The lowest BCUT2D eigenvalue weighted by molar-refractivity contribution is -0.140. The van der Waals surface area contributed by atoms with Crippen LogP contribution in [0.3, 0.4) is 0 Å². The second-order valence-electron chi connectivity index (χ2n) is 16.4. The van der Waals surface area contributed by atoms with E-state index < -0.39 is 113 Å². The minimum atomic E-state index is -3.81. The molecular formula is C31H64ClF3N6O14S3. The standard InChI is InChI=1S/C12H23FN2O5S.C11H20FNO4.C7H15FN2O3S.CH5NO2S.ClH/c1-11(2,3)20-10(17)14-8(7-12(4,5)13)9(16)15-21(6,18)19;1-10(2,3)17-9(16)13-7(8(14)15)6-11(4,5)12;1-7(2,8)4-5(9)6(11)10-14(3,12)13;1-5(2,3)4;/h8H,7H2,1-6H3,(H,14,17)(H,15,16);7H,6H2,1-5H3,(H,13,16)(H,14,15);5H,4,9H2,1-3H3,(H,10,11);1H3,(H2,2,3,4);1H. The number of carbonyl (C=O) groups is 5. The van der Waals surface area contributed by atoms with Crippen molar-refractivity contribution in [2.45, 2.75) is 149 Å². The Morgan fingerprint density at radius 1 is 0.586 bits per heavy atom. The van der Waals surface area contributed by atoms with Crippen LogP contribution in [0.2, 0.25) is 0 Å². The highest BCUT2D eigenvalue weighted by atomic mass is 35.5. The van der Waals surface area contributed by atoms with Crippen molar-refractivity contribution in [1.82, 2.24) is 20.1 Å². The number of sulfonamides is 3. The lowest BCUT2D eigenvalue weighted by atomic mass is 10.0. The lowest BCUT2D eigenvalue weighted by Gasteiger charge is -2.25. The number of hydrogen-bond donors (Lipinski definition) is 7. The minimum Gasteiger partial charge on any atom is -0.480 e. The van der Waals surface area contributed by atoms with Gasteiger partial charge < -0.3 is 30.9 Å². The Labute approximate surface area is 346 Å². The molecule has 27 heteroatoms. The molecule has 0 bridgehead atoms. The van der Waals surface area contributed by atoms with E-state index in [4.69, 9.17) is 20.3 Å². The van der Waals surface area contributed by atoms with E-state index in [1.807, 2.05) is 0 Å². The number of primary sulfonamides is 1. The summed E-state index contributed by atoms with van der Waals surface area (Å²) in [5.74, 6) is -3.20. The molecule has 0 aliphatic heterocycles. The zero-order valence-electron chi connectivity index (χ0n) is 35.5. The third-order valence-electron chi connectivity index (χ3n) is 4.99. The van der Waals surface area contributed by atoms with E-state index in [9.17, 15) is 62.4 Å². The molecule has 0 fully saturated rings. The summed E-state index contributed by atoms with van der Waals surface area (Å²) >= 11 is 0. The molecule has 0 aliphatic carbocycles. The van der Waals surface area contributed by atoms with Crippen molar-refractivity contribution in [2.75, 3.05) is 18.8 Å². The maximum absolute atomic E-state index is 13.7. The van der Waals surface area contributed by atoms with Crippen LogP contribution < -0.4 is 31.0 Å². The van der Waals surface area contributed by atoms with Gasteiger partial charge in [-0.05, 0) is 83.1 Å². The summed E-state index contributed by atoms with van der Waals surface area (Å²) in [4.78, 5) is 56.7. The average Bonchev–Trinajstić information content (AvgIpc) is 2.80. The maximum Gasteiger partial charge on any atom is 0.408 e. The number of carbonyl (C=O) groups excluding carboxylic acids is 4. The monoisotopic (exact) mass is 932 g/mol. The van der Waals surface area contributed by atoms with Crippen LogP contribution in [0.4, 0.5) is 22.8 Å². The summed E-state index contributed by atoms with van der Waals surface area (Å²) in [5, 5.41) is 17.5. The number of hydrogen-bond acceptors (Lipinski definition) is 14. The summed E-state index contributed by atoms with van der Waals surface area (Å²) < 4.78 is 115. The van der Waals surface area contributed by atoms with Gasteiger partial charge in [-0.2, -0.15) is 0 Å². The Morgan fingerprint density at radius 3 is 1.09 bits per heavy atom. The highest BCUT2D eigenvalue weighted by Crippen LogP contribution is 2.19. The molecule has 0 aromatic carbocycles. The predicted molar refractivity (Wildman–Crippen MR) is 214 cm³/mol. The van der Waals surface area contributed by atoms with Crippen LogP contribution in [-0.4, -0.2) is 125 Å². The highest BCUT2D eigenvalue weighted by molar-refractivity contribution is 7.89. The number of aliphatic carboxylic acids is 1. The largest absolute Gasteiger partial charge is 0.480 e. The average molecular weight is 934 g/mol. The summed E-state index contributed by atoms with van der Waals surface area (Å²) in [6.07, 6.45) is -0.181. The van der Waals surface area contributed by atoms with Gasteiger partial charge in [0.05, 0.1) is 24.8 Å². The van der Waals surface area contributed by atoms with Crippen molar-refractivity contribution >= 4 is 72.4 Å². The van der Waals surface area contributed by atoms with Crippen molar-refractivity contribution < 1.29 is 77.0 Å². The van der Waals surface area contributed by atoms with Crippen LogP contribution in [-0.2, 0) is 53.9 Å². The van der Waals surface area contributed by atoms with Crippen LogP contribution >= 0.6 is 12.4 Å². The Hall–Kier alpha value is -3.20. The molecule has 3 atom stereocenters. The van der Waals surface area contributed by atoms with Crippen LogP contribution in [0.25, 0.3) is 0 Å². The van der Waals surface area contributed by atoms with Crippen molar-refractivity contribution in [2.24, 2.45) is 10.9 Å². The van der Waals surface area contributed by atoms with E-state index in [2.05, 4.69) is 15.8 Å². The van der Waals surface area contributed by atoms with Gasteiger partial charge >= 0.3 is 18.2 Å². The number of halogens is 4. The van der Waals surface area contributed by atoms with Gasteiger partial charge in [-0.25, -0.2) is 57.9 Å². The number of carboxylic acid groups (broad SMARTS) is 1. The molecule has 0 aromatic heterocycles. The zero-order chi connectivity index (χ0) is 47.0. The number of ether oxygens (including phenoxy) is 2. The lowest BCUT2D eigenvalue weighted by Crippen LogP contribution is -2.51. The molecule has 20 nitrogen and oxygen atoms in total. The maximum atomic E-state index is 13.7. The number of nitrogens with two attached hydrogens (primary N) is 2. The fourth-order valence-electron chi connectivity index (χ4n) is 3.41. The third kappa shape index (κ3) is 52.8. The number of carboxylic acids is 1. The molecular weight excluding hydrogens is 869 g/mol. The third-order valence-corrected chi connectivity index (χ3v) is 6.13. The number of rotatable bonds is 13. The summed E-state index contributed by atoms with van der Waals surface area (Å²) in [6, 6.07) is -3.83. The van der Waals surface area contributed by atoms with Gasteiger partial charge in [-0.3, -0.25) is 19.0 Å². The van der Waals surface area contributed by atoms with Crippen LogP contribution in [0.1, 0.15) is 102 Å². The van der Waals surface area contributed by atoms with Crippen molar-refractivity contribution in [3.63, 3.8) is 0 Å². The normalized spacial score (nSPS) is 13.9. The molecule has 0 spiro atoms. The summed E-state index contributed by atoms with van der Waals surface area (Å²) in [7, 11) is -10.6. The summed E-state index contributed by atoms with van der Waals surface area (Å²) in [6.45, 7) is 17.3. The predicted octanol–water partition coefficient (Wildman–Crippen LogP) is 2.05. The van der Waals surface area contributed by atoms with E-state index in [1.165, 1.54) is 41.5 Å². The van der Waals surface area contributed by atoms with E-state index in [0.717, 1.165) is 18.8 Å². The minimum absolute atomic E-state index is 0. The molecule has 9 N–H and O–H groups in total. The molecule has 58 heavy (non-hydrogen) atoms. The van der Waals surface area contributed by atoms with Crippen molar-refractivity contribution in [1.29, 1.82) is 0 Å². The van der Waals surface area contributed by atoms with Gasteiger partial charge in [0.15, 0.2) is 0 Å². The first kappa shape index (κ1) is 64.0. The second-order valence-corrected chi connectivity index (χ2v) is 21.6. The van der Waals surface area contributed by atoms with Crippen molar-refractivity contribution in [3.05, 3.63) is 0 Å². The Morgan fingerprint density at radius 2 is 0.845 bits per heavy atom. The SMILES string of the molecule is CC(C)(F)CC(N)C(=O)NS(C)(=O)=O.CC(C)(F)CC(NC(=O)OC(C)(C)C)C(=O)NS(C)(=O)=O.CC(C)(F)CC(NC(=O)OC(C)(C)C)C(=O)O.CS(N)(=O)=O.Cl. The molecule has 0 aromatic rings. The first-order chi connectivity index (χ1) is 24.5. The molecule has 0 saturated carbocycles. The number of alkyl halides is 3. The molecule has 0 heterocycles. The molecule has 348 valence electrons. The van der Waals surface area contributed by atoms with Crippen LogP contribution in [0.5, 0.6) is 0 Å². The fourth-order valence-corrected chi connectivity index (χ4v) is 4.43. The van der Waals surface area contributed by atoms with E-state index >= 15 is 0 Å². The van der Waals surface area contributed by atoms with Gasteiger partial charge in [-0.15, -0.1) is 12.4 Å². The van der Waals surface area contributed by atoms with E-state index in [1.54, 1.807) is 51.0 Å². The van der Waals surface area contributed by atoms with Crippen molar-refractivity contribution in [3.8, 4) is 0 Å². The highest BCUT2D eigenvalue weighted by Gasteiger charge is 2.33. The summed E-state index contributed by atoms with van der Waals surface area (Å²) in [5.41, 5.74) is -1.30. The molecule has 0 saturated heterocycles. The molecule has 0 rings (SSSR count). The van der Waals surface area contributed by atoms with Crippen LogP contribution in [0.15, 0.2) is 0 Å². The smallest absolute Gasteiger partial charge is 0.408 e. The Bertz CT molecular complexity index is 1660. The van der Waals surface area contributed by atoms with Gasteiger partial charge in [0.1, 0.15) is 40.3 Å². The molecule has 0 radical (unpaired) electrons. The quantitative estimate of drug-likeness (QED) is 0.139. The van der Waals surface area contributed by atoms with Crippen LogP contribution in [0, 0.1) is 0 Å². The zero-order valence-corrected chi connectivity index (χ0v) is 38.8. The topological polar surface area (TPSA) is 327 Å². The molecule has 3 unspecified atom stereocenters. The Balaban J connectivity index is -0.000000230. The number of nitrogens with one attached hydrogen (secondary N) is 4. The van der Waals surface area contributed by atoms with E-state index in [0.29, 0.717) is 0 Å². The molecule has 0 aliphatic rings. The van der Waals surface area contributed by atoms with Gasteiger partial charge in [0.2, 0.25) is 36.0 Å². The van der Waals surface area contributed by atoms with Gasteiger partial charge in [0, 0.05) is 19.3 Å². The fraction of sp³-hybridized carbons (Fsp3) is 0.839. The number of amides is 4. The van der Waals surface area contributed by atoms with Gasteiger partial charge in [-0.1, -0.05) is 0 Å².